The topological polar surface area (TPSA) is 151 Å². The second kappa shape index (κ2) is 6.82. The molecule has 0 radical (unpaired) electrons. The summed E-state index contributed by atoms with van der Waals surface area (Å²) in [5.74, 6) is 8.55. The molecule has 6 N–H and O–H groups in total. The van der Waals surface area contributed by atoms with E-state index in [0.717, 1.165) is 4.90 Å². The van der Waals surface area contributed by atoms with E-state index in [1.54, 1.807) is 6.92 Å². The Labute approximate surface area is 115 Å². The smallest absolute Gasteiger partial charge is 0.312 e. The van der Waals surface area contributed by atoms with Gasteiger partial charge in [-0.3, -0.25) is 30.1 Å². The molecule has 1 unspecified atom stereocenters. The average Bonchev–Trinajstić information content (AvgIpc) is 2.65. The largest absolute Gasteiger partial charge is 0.327 e. The van der Waals surface area contributed by atoms with Crippen LogP contribution in [0.25, 0.3) is 0 Å². The van der Waals surface area contributed by atoms with Crippen molar-refractivity contribution in [1.82, 2.24) is 20.7 Å². The maximum atomic E-state index is 12.0. The Kier molecular flexibility index (Phi) is 5.41. The number of nitrogens with zero attached hydrogens (tertiary/aromatic N) is 2. The van der Waals surface area contributed by atoms with E-state index >= 15 is 0 Å². The van der Waals surface area contributed by atoms with Crippen LogP contribution in [0.1, 0.15) is 19.8 Å². The summed E-state index contributed by atoms with van der Waals surface area (Å²) in [6, 6.07) is -1.20. The molecule has 1 aliphatic rings. The zero-order chi connectivity index (χ0) is 15.3. The summed E-state index contributed by atoms with van der Waals surface area (Å²) in [6.45, 7) is 1.59. The minimum Gasteiger partial charge on any atom is -0.312 e. The fourth-order valence-electron chi connectivity index (χ4n) is 1.85. The number of hydrazine groups is 2. The van der Waals surface area contributed by atoms with Crippen molar-refractivity contribution in [2.45, 2.75) is 25.8 Å². The minimum atomic E-state index is -0.672. The molecule has 112 valence electrons. The molecular formula is C10H18N6O4. The highest BCUT2D eigenvalue weighted by Gasteiger charge is 2.42. The second-order valence-electron chi connectivity index (χ2n) is 4.28. The predicted molar refractivity (Wildman–Crippen MR) is 67.2 cm³/mol. The summed E-state index contributed by atoms with van der Waals surface area (Å²) in [6.07, 6.45) is -0.0746. The fraction of sp³-hybridized carbons (Fsp3) is 0.600. The first kappa shape index (κ1) is 15.9. The van der Waals surface area contributed by atoms with Crippen molar-refractivity contribution in [3.05, 3.63) is 0 Å². The van der Waals surface area contributed by atoms with E-state index in [0.29, 0.717) is 0 Å². The van der Waals surface area contributed by atoms with Gasteiger partial charge in [0.25, 0.3) is 5.91 Å². The van der Waals surface area contributed by atoms with Crippen molar-refractivity contribution < 1.29 is 19.2 Å². The van der Waals surface area contributed by atoms with Gasteiger partial charge in [-0.05, 0) is 6.92 Å². The molecule has 20 heavy (non-hydrogen) atoms. The van der Waals surface area contributed by atoms with Crippen LogP contribution in [0.15, 0.2) is 0 Å². The van der Waals surface area contributed by atoms with Gasteiger partial charge in [0.05, 0.1) is 0 Å². The van der Waals surface area contributed by atoms with E-state index in [2.05, 4.69) is 0 Å². The third-order valence-corrected chi connectivity index (χ3v) is 3.03. The molecule has 0 aromatic carbocycles. The number of carbonyl (C=O) groups excluding carboxylic acids is 4. The van der Waals surface area contributed by atoms with Crippen molar-refractivity contribution in [3.63, 3.8) is 0 Å². The Balaban J connectivity index is 2.62. The lowest BCUT2D eigenvalue weighted by Crippen LogP contribution is -2.39. The van der Waals surface area contributed by atoms with E-state index in [1.807, 2.05) is 10.9 Å². The summed E-state index contributed by atoms with van der Waals surface area (Å²) in [7, 11) is 0. The molecular weight excluding hydrogens is 268 g/mol. The lowest BCUT2D eigenvalue weighted by Gasteiger charge is -2.18. The molecule has 1 atom stereocenters. The van der Waals surface area contributed by atoms with Crippen LogP contribution in [0.2, 0.25) is 0 Å². The monoisotopic (exact) mass is 286 g/mol. The Hall–Kier alpha value is -2.20. The quantitative estimate of drug-likeness (QED) is 0.182. The highest BCUT2D eigenvalue weighted by molar-refractivity contribution is 6.04. The van der Waals surface area contributed by atoms with Gasteiger partial charge < -0.3 is 4.90 Å². The maximum Gasteiger partial charge on any atom is 0.327 e. The van der Waals surface area contributed by atoms with Gasteiger partial charge in [-0.2, -0.15) is 0 Å². The lowest BCUT2D eigenvalue weighted by atomic mass is 10.3. The molecule has 1 aliphatic heterocycles. The van der Waals surface area contributed by atoms with E-state index in [9.17, 15) is 19.2 Å². The first-order chi connectivity index (χ1) is 9.42. The highest BCUT2D eigenvalue weighted by Crippen LogP contribution is 2.17. The van der Waals surface area contributed by atoms with Gasteiger partial charge in [0.2, 0.25) is 11.8 Å². The average molecular weight is 286 g/mol. The minimum absolute atomic E-state index is 0.00299. The van der Waals surface area contributed by atoms with E-state index in [1.165, 1.54) is 4.90 Å². The third-order valence-electron chi connectivity index (χ3n) is 3.03. The van der Waals surface area contributed by atoms with Crippen LogP contribution in [0.5, 0.6) is 0 Å². The Bertz CT molecular complexity index is 426. The van der Waals surface area contributed by atoms with Crippen LogP contribution in [0.3, 0.4) is 0 Å². The number of hydrogen-bond donors (Lipinski definition) is 4. The molecule has 0 aromatic rings. The molecule has 0 aromatic heterocycles. The van der Waals surface area contributed by atoms with E-state index in [4.69, 9.17) is 11.7 Å². The first-order valence-electron chi connectivity index (χ1n) is 6.03. The number of nitrogens with two attached hydrogens (primary N) is 2. The summed E-state index contributed by atoms with van der Waals surface area (Å²) in [5, 5.41) is 0. The molecule has 1 heterocycles. The van der Waals surface area contributed by atoms with Crippen LogP contribution >= 0.6 is 0 Å². The van der Waals surface area contributed by atoms with Crippen molar-refractivity contribution in [2.24, 2.45) is 11.7 Å². The molecule has 0 spiro atoms. The van der Waals surface area contributed by atoms with Crippen LogP contribution < -0.4 is 22.5 Å². The fourth-order valence-corrected chi connectivity index (χ4v) is 1.85. The zero-order valence-corrected chi connectivity index (χ0v) is 11.1. The van der Waals surface area contributed by atoms with Gasteiger partial charge >= 0.3 is 6.03 Å². The molecule has 5 amide bonds. The summed E-state index contributed by atoms with van der Waals surface area (Å²) in [5.41, 5.74) is 3.87. The summed E-state index contributed by atoms with van der Waals surface area (Å²) in [4.78, 5) is 48.3. The molecule has 0 aliphatic carbocycles. The second-order valence-corrected chi connectivity index (χ2v) is 4.28. The zero-order valence-electron chi connectivity index (χ0n) is 11.1. The van der Waals surface area contributed by atoms with Crippen molar-refractivity contribution in [2.75, 3.05) is 13.1 Å². The summed E-state index contributed by atoms with van der Waals surface area (Å²) >= 11 is 0. The lowest BCUT2D eigenvalue weighted by molar-refractivity contribution is -0.129. The third kappa shape index (κ3) is 3.42. The number of rotatable bonds is 6. The number of urea groups is 1. The predicted octanol–water partition coefficient (Wildman–Crippen LogP) is -2.60. The van der Waals surface area contributed by atoms with Crippen molar-refractivity contribution in [1.29, 1.82) is 0 Å². The van der Waals surface area contributed by atoms with Crippen molar-refractivity contribution in [3.8, 4) is 0 Å². The van der Waals surface area contributed by atoms with Gasteiger partial charge in [0.15, 0.2) is 0 Å². The normalized spacial score (nSPS) is 18.4. The number of hydrogen-bond acceptors (Lipinski definition) is 6. The van der Waals surface area contributed by atoms with Gasteiger partial charge in [-0.25, -0.2) is 16.5 Å². The number of imide groups is 1. The van der Waals surface area contributed by atoms with Crippen LogP contribution in [-0.2, 0) is 14.4 Å². The molecule has 0 saturated carbocycles. The Morgan fingerprint density at radius 3 is 2.10 bits per heavy atom. The highest BCUT2D eigenvalue weighted by atomic mass is 16.2. The van der Waals surface area contributed by atoms with Gasteiger partial charge in [0.1, 0.15) is 6.04 Å². The van der Waals surface area contributed by atoms with Crippen LogP contribution in [0, 0.1) is 0 Å². The first-order valence-corrected chi connectivity index (χ1v) is 6.03. The van der Waals surface area contributed by atoms with Crippen LogP contribution in [-0.4, -0.2) is 52.7 Å². The SMILES string of the molecule is CC1C(=O)N(CCC(=O)NN)C(=O)N1CCC(=O)NN. The molecule has 1 saturated heterocycles. The van der Waals surface area contributed by atoms with Gasteiger partial charge in [-0.15, -0.1) is 0 Å². The number of amides is 5. The van der Waals surface area contributed by atoms with Crippen molar-refractivity contribution >= 4 is 23.8 Å². The molecule has 10 heteroatoms. The molecule has 1 rings (SSSR count). The Morgan fingerprint density at radius 1 is 1.10 bits per heavy atom. The van der Waals surface area contributed by atoms with E-state index in [-0.39, 0.29) is 25.9 Å². The van der Waals surface area contributed by atoms with E-state index < -0.39 is 29.8 Å². The maximum absolute atomic E-state index is 12.0. The standard InChI is InChI=1S/C10H18N6O4/c1-6-9(19)16(5-3-8(18)14-12)10(20)15(6)4-2-7(17)13-11/h6H,2-5,11-12H2,1H3,(H,13,17)(H,14,18). The number of carbonyl (C=O) groups is 4. The molecule has 10 nitrogen and oxygen atoms in total. The molecule has 0 bridgehead atoms. The number of nitrogens with one attached hydrogen (secondary N) is 2. The Morgan fingerprint density at radius 2 is 1.60 bits per heavy atom. The summed E-state index contributed by atoms with van der Waals surface area (Å²) < 4.78 is 0. The molecule has 1 fully saturated rings. The van der Waals surface area contributed by atoms with Gasteiger partial charge in [0, 0.05) is 25.9 Å². The van der Waals surface area contributed by atoms with Gasteiger partial charge in [-0.1, -0.05) is 0 Å². The van der Waals surface area contributed by atoms with Crippen LogP contribution in [0.4, 0.5) is 4.79 Å².